The zero-order valence-corrected chi connectivity index (χ0v) is 11.4. The zero-order valence-electron chi connectivity index (χ0n) is 11.4. The second-order valence-corrected chi connectivity index (χ2v) is 5.28. The zero-order chi connectivity index (χ0) is 13.8. The molecule has 3 rings (SSSR count). The minimum Gasteiger partial charge on any atom is -0.424 e. The van der Waals surface area contributed by atoms with E-state index < -0.39 is 0 Å². The summed E-state index contributed by atoms with van der Waals surface area (Å²) in [7, 11) is 0. The van der Waals surface area contributed by atoms with Gasteiger partial charge in [0.15, 0.2) is 0 Å². The number of likely N-dealkylation sites (tertiary alicyclic amines) is 1. The first-order valence-electron chi connectivity index (χ1n) is 7.05. The Hall–Kier alpha value is -1.72. The summed E-state index contributed by atoms with van der Waals surface area (Å²) in [5.41, 5.74) is 1.16. The van der Waals surface area contributed by atoms with E-state index >= 15 is 0 Å². The molecule has 5 heteroatoms. The van der Waals surface area contributed by atoms with Crippen LogP contribution < -0.4 is 0 Å². The predicted octanol–water partition coefficient (Wildman–Crippen LogP) is 1.62. The maximum Gasteiger partial charge on any atom is 0.230 e. The number of aliphatic hydroxyl groups excluding tert-OH is 1. The molecule has 5 nitrogen and oxygen atoms in total. The summed E-state index contributed by atoms with van der Waals surface area (Å²) < 4.78 is 5.68. The van der Waals surface area contributed by atoms with Crippen molar-refractivity contribution in [1.82, 2.24) is 15.1 Å². The Kier molecular flexibility index (Phi) is 4.08. The van der Waals surface area contributed by atoms with Crippen LogP contribution in [0.3, 0.4) is 0 Å². The molecule has 0 bridgehead atoms. The number of aliphatic hydroxyl groups is 1. The van der Waals surface area contributed by atoms with E-state index in [4.69, 9.17) is 4.42 Å². The molecular formula is C15H19N3O2. The van der Waals surface area contributed by atoms with Gasteiger partial charge in [-0.05, 0) is 24.9 Å². The van der Waals surface area contributed by atoms with Crippen molar-refractivity contribution in [3.05, 3.63) is 47.7 Å². The summed E-state index contributed by atoms with van der Waals surface area (Å²) in [6.07, 6.45) is 2.35. The first-order chi connectivity index (χ1) is 9.79. The Labute approximate surface area is 118 Å². The standard InChI is InChI=1S/C15H19N3O2/c19-13-7-4-8-18(10-13)11-15-17-16-14(20-15)9-12-5-2-1-3-6-12/h1-3,5-6,13,19H,4,7-11H2/t13-/m0/s1. The molecule has 20 heavy (non-hydrogen) atoms. The minimum atomic E-state index is -0.226. The molecule has 0 unspecified atom stereocenters. The fourth-order valence-corrected chi connectivity index (χ4v) is 2.56. The van der Waals surface area contributed by atoms with Crippen molar-refractivity contribution < 1.29 is 9.52 Å². The second-order valence-electron chi connectivity index (χ2n) is 5.28. The van der Waals surface area contributed by atoms with Crippen LogP contribution in [0.5, 0.6) is 0 Å². The highest BCUT2D eigenvalue weighted by Crippen LogP contribution is 2.14. The number of rotatable bonds is 4. The molecule has 2 aromatic rings. The van der Waals surface area contributed by atoms with E-state index in [1.165, 1.54) is 0 Å². The van der Waals surface area contributed by atoms with E-state index in [1.807, 2.05) is 30.3 Å². The largest absolute Gasteiger partial charge is 0.424 e. The van der Waals surface area contributed by atoms with E-state index in [0.717, 1.165) is 24.9 Å². The fourth-order valence-electron chi connectivity index (χ4n) is 2.56. The summed E-state index contributed by atoms with van der Waals surface area (Å²) in [6, 6.07) is 10.1. The number of hydrogen-bond acceptors (Lipinski definition) is 5. The van der Waals surface area contributed by atoms with Gasteiger partial charge in [0.25, 0.3) is 0 Å². The molecule has 1 saturated heterocycles. The highest BCUT2D eigenvalue weighted by atomic mass is 16.4. The average Bonchev–Trinajstić information content (AvgIpc) is 2.87. The summed E-state index contributed by atoms with van der Waals surface area (Å²) >= 11 is 0. The predicted molar refractivity (Wildman–Crippen MR) is 74.1 cm³/mol. The van der Waals surface area contributed by atoms with E-state index in [0.29, 0.717) is 31.3 Å². The monoisotopic (exact) mass is 273 g/mol. The van der Waals surface area contributed by atoms with Crippen molar-refractivity contribution >= 4 is 0 Å². The van der Waals surface area contributed by atoms with E-state index in [2.05, 4.69) is 15.1 Å². The number of nitrogens with zero attached hydrogens (tertiary/aromatic N) is 3. The number of β-amino-alcohol motifs (C(OH)–C–C–N with tert-alkyl or cyclic N) is 1. The third-order valence-electron chi connectivity index (χ3n) is 3.55. The third-order valence-corrected chi connectivity index (χ3v) is 3.55. The van der Waals surface area contributed by atoms with Crippen molar-refractivity contribution in [2.75, 3.05) is 13.1 Å². The molecule has 1 N–H and O–H groups in total. The van der Waals surface area contributed by atoms with E-state index in [-0.39, 0.29) is 6.10 Å². The first kappa shape index (κ1) is 13.3. The van der Waals surface area contributed by atoms with Crippen LogP contribution in [0.15, 0.2) is 34.7 Å². The minimum absolute atomic E-state index is 0.226. The third kappa shape index (κ3) is 3.43. The van der Waals surface area contributed by atoms with Crippen LogP contribution in [-0.2, 0) is 13.0 Å². The van der Waals surface area contributed by atoms with Crippen LogP contribution in [0.2, 0.25) is 0 Å². The lowest BCUT2D eigenvalue weighted by Gasteiger charge is -2.28. The van der Waals surface area contributed by atoms with Crippen LogP contribution in [-0.4, -0.2) is 39.4 Å². The van der Waals surface area contributed by atoms with Crippen LogP contribution >= 0.6 is 0 Å². The van der Waals surface area contributed by atoms with Gasteiger partial charge >= 0.3 is 0 Å². The van der Waals surface area contributed by atoms with Gasteiger partial charge in [-0.25, -0.2) is 0 Å². The normalized spacial score (nSPS) is 20.1. The Morgan fingerprint density at radius 3 is 2.80 bits per heavy atom. The molecule has 2 heterocycles. The molecule has 1 fully saturated rings. The first-order valence-corrected chi connectivity index (χ1v) is 7.05. The molecule has 0 radical (unpaired) electrons. The smallest absolute Gasteiger partial charge is 0.230 e. The van der Waals surface area contributed by atoms with Crippen molar-refractivity contribution in [3.8, 4) is 0 Å². The van der Waals surface area contributed by atoms with Gasteiger partial charge in [-0.1, -0.05) is 30.3 Å². The van der Waals surface area contributed by atoms with Crippen LogP contribution in [0.4, 0.5) is 0 Å². The highest BCUT2D eigenvalue weighted by molar-refractivity contribution is 5.17. The van der Waals surface area contributed by atoms with Crippen molar-refractivity contribution in [2.24, 2.45) is 0 Å². The number of hydrogen-bond donors (Lipinski definition) is 1. The van der Waals surface area contributed by atoms with Gasteiger partial charge < -0.3 is 9.52 Å². The maximum absolute atomic E-state index is 9.65. The Bertz CT molecular complexity index is 541. The lowest BCUT2D eigenvalue weighted by molar-refractivity contribution is 0.0622. The quantitative estimate of drug-likeness (QED) is 0.917. The van der Waals surface area contributed by atoms with Crippen LogP contribution in [0, 0.1) is 0 Å². The summed E-state index contributed by atoms with van der Waals surface area (Å²) in [5.74, 6) is 1.27. The molecule has 106 valence electrons. The Balaban J connectivity index is 1.59. The molecule has 1 aliphatic heterocycles. The fraction of sp³-hybridized carbons (Fsp3) is 0.467. The van der Waals surface area contributed by atoms with Crippen LogP contribution in [0.25, 0.3) is 0 Å². The molecule has 0 saturated carbocycles. The molecule has 0 spiro atoms. The molecule has 1 atom stereocenters. The van der Waals surface area contributed by atoms with Gasteiger partial charge in [0.2, 0.25) is 11.8 Å². The molecular weight excluding hydrogens is 254 g/mol. The summed E-state index contributed by atoms with van der Waals surface area (Å²) in [4.78, 5) is 2.16. The average molecular weight is 273 g/mol. The van der Waals surface area contributed by atoms with Crippen LogP contribution in [0.1, 0.15) is 30.2 Å². The van der Waals surface area contributed by atoms with Gasteiger partial charge in [0.05, 0.1) is 19.1 Å². The van der Waals surface area contributed by atoms with E-state index in [9.17, 15) is 5.11 Å². The van der Waals surface area contributed by atoms with Gasteiger partial charge in [0.1, 0.15) is 0 Å². The summed E-state index contributed by atoms with van der Waals surface area (Å²) in [6.45, 7) is 2.29. The molecule has 0 aliphatic carbocycles. The van der Waals surface area contributed by atoms with Crippen molar-refractivity contribution in [3.63, 3.8) is 0 Å². The maximum atomic E-state index is 9.65. The Morgan fingerprint density at radius 1 is 1.20 bits per heavy atom. The SMILES string of the molecule is O[C@H]1CCCN(Cc2nnc(Cc3ccccc3)o2)C1. The Morgan fingerprint density at radius 2 is 2.00 bits per heavy atom. The van der Waals surface area contributed by atoms with Gasteiger partial charge in [0, 0.05) is 6.54 Å². The molecule has 1 aromatic carbocycles. The van der Waals surface area contributed by atoms with Gasteiger partial charge in [-0.3, -0.25) is 4.90 Å². The lowest BCUT2D eigenvalue weighted by atomic mass is 10.1. The van der Waals surface area contributed by atoms with E-state index in [1.54, 1.807) is 0 Å². The van der Waals surface area contributed by atoms with Crippen molar-refractivity contribution in [2.45, 2.75) is 31.9 Å². The summed E-state index contributed by atoms with van der Waals surface area (Å²) in [5, 5.41) is 17.8. The van der Waals surface area contributed by atoms with Gasteiger partial charge in [-0.15, -0.1) is 10.2 Å². The number of benzene rings is 1. The van der Waals surface area contributed by atoms with Crippen molar-refractivity contribution in [1.29, 1.82) is 0 Å². The highest BCUT2D eigenvalue weighted by Gasteiger charge is 2.19. The molecule has 1 aromatic heterocycles. The van der Waals surface area contributed by atoms with Gasteiger partial charge in [-0.2, -0.15) is 0 Å². The topological polar surface area (TPSA) is 62.4 Å². The lowest BCUT2D eigenvalue weighted by Crippen LogP contribution is -2.37. The number of piperidine rings is 1. The number of aromatic nitrogens is 2. The molecule has 0 amide bonds. The second kappa shape index (κ2) is 6.15. The molecule has 1 aliphatic rings.